The first-order chi connectivity index (χ1) is 8.62. The van der Waals surface area contributed by atoms with Crippen molar-refractivity contribution in [1.82, 2.24) is 10.2 Å². The Morgan fingerprint density at radius 2 is 1.94 bits per heavy atom. The highest BCUT2D eigenvalue weighted by Gasteiger charge is 2.35. The minimum atomic E-state index is 0.393. The minimum absolute atomic E-state index is 0.393. The van der Waals surface area contributed by atoms with Crippen LogP contribution in [-0.4, -0.2) is 31.1 Å². The Bertz CT molecular complexity index is 378. The van der Waals surface area contributed by atoms with Crippen LogP contribution in [0.5, 0.6) is 0 Å². The Hall–Kier alpha value is -0.860. The molecule has 2 heteroatoms. The molecule has 0 aromatic heterocycles. The third kappa shape index (κ3) is 3.12. The van der Waals surface area contributed by atoms with Gasteiger partial charge in [0.1, 0.15) is 0 Å². The summed E-state index contributed by atoms with van der Waals surface area (Å²) < 4.78 is 0. The van der Waals surface area contributed by atoms with E-state index in [1.165, 1.54) is 36.8 Å². The van der Waals surface area contributed by atoms with E-state index in [1.807, 2.05) is 0 Å². The molecule has 0 heterocycles. The summed E-state index contributed by atoms with van der Waals surface area (Å²) in [6.45, 7) is 4.24. The van der Waals surface area contributed by atoms with Gasteiger partial charge in [-0.3, -0.25) is 0 Å². The number of nitrogens with one attached hydrogen (secondary N) is 1. The third-order valence-corrected chi connectivity index (χ3v) is 4.35. The van der Waals surface area contributed by atoms with Crippen LogP contribution in [0.2, 0.25) is 0 Å². The molecule has 0 amide bonds. The number of hydrogen-bond acceptors (Lipinski definition) is 2. The third-order valence-electron chi connectivity index (χ3n) is 4.35. The fourth-order valence-corrected chi connectivity index (χ4v) is 3.08. The highest BCUT2D eigenvalue weighted by Crippen LogP contribution is 2.33. The molecule has 0 radical (unpaired) electrons. The van der Waals surface area contributed by atoms with Gasteiger partial charge in [0.15, 0.2) is 0 Å². The molecule has 0 aliphatic heterocycles. The van der Waals surface area contributed by atoms with Gasteiger partial charge in [0.25, 0.3) is 0 Å². The first kappa shape index (κ1) is 13.6. The van der Waals surface area contributed by atoms with Crippen LogP contribution in [0.25, 0.3) is 0 Å². The van der Waals surface area contributed by atoms with Crippen LogP contribution in [0, 0.1) is 6.92 Å². The lowest BCUT2D eigenvalue weighted by molar-refractivity contribution is 0.153. The Balaban J connectivity index is 1.87. The van der Waals surface area contributed by atoms with Gasteiger partial charge in [-0.2, -0.15) is 0 Å². The predicted molar refractivity (Wildman–Crippen MR) is 77.8 cm³/mol. The van der Waals surface area contributed by atoms with Crippen molar-refractivity contribution in [3.05, 3.63) is 35.4 Å². The normalized spacial score (nSPS) is 18.4. The molecule has 18 heavy (non-hydrogen) atoms. The van der Waals surface area contributed by atoms with Crippen molar-refractivity contribution in [2.75, 3.05) is 20.6 Å². The number of hydrogen-bond donors (Lipinski definition) is 1. The van der Waals surface area contributed by atoms with Gasteiger partial charge in [0.05, 0.1) is 0 Å². The van der Waals surface area contributed by atoms with E-state index in [0.29, 0.717) is 5.54 Å². The van der Waals surface area contributed by atoms with Gasteiger partial charge >= 0.3 is 0 Å². The van der Waals surface area contributed by atoms with Crippen LogP contribution >= 0.6 is 0 Å². The number of likely N-dealkylation sites (N-methyl/N-ethyl adjacent to an activating group) is 1. The lowest BCUT2D eigenvalue weighted by atomic mass is 9.96. The average molecular weight is 246 g/mol. The topological polar surface area (TPSA) is 15.3 Å². The van der Waals surface area contributed by atoms with Crippen LogP contribution in [0.1, 0.15) is 36.8 Å². The van der Waals surface area contributed by atoms with Crippen molar-refractivity contribution >= 4 is 0 Å². The van der Waals surface area contributed by atoms with Crippen LogP contribution in [-0.2, 0) is 6.54 Å². The summed E-state index contributed by atoms with van der Waals surface area (Å²) >= 11 is 0. The summed E-state index contributed by atoms with van der Waals surface area (Å²) in [6, 6.07) is 8.77. The summed E-state index contributed by atoms with van der Waals surface area (Å²) in [5.41, 5.74) is 3.13. The zero-order valence-electron chi connectivity index (χ0n) is 12.0. The molecule has 2 nitrogen and oxygen atoms in total. The quantitative estimate of drug-likeness (QED) is 0.859. The van der Waals surface area contributed by atoms with E-state index in [-0.39, 0.29) is 0 Å². The molecule has 0 saturated heterocycles. The van der Waals surface area contributed by atoms with Crippen molar-refractivity contribution in [3.63, 3.8) is 0 Å². The summed E-state index contributed by atoms with van der Waals surface area (Å²) in [7, 11) is 4.44. The molecule has 0 unspecified atom stereocenters. The lowest BCUT2D eigenvalue weighted by Gasteiger charge is -2.36. The van der Waals surface area contributed by atoms with E-state index in [9.17, 15) is 0 Å². The molecular weight excluding hydrogens is 220 g/mol. The van der Waals surface area contributed by atoms with E-state index in [2.05, 4.69) is 55.5 Å². The second kappa shape index (κ2) is 5.85. The van der Waals surface area contributed by atoms with E-state index >= 15 is 0 Å². The molecule has 0 atom stereocenters. The second-order valence-electron chi connectivity index (χ2n) is 5.92. The number of rotatable bonds is 5. The van der Waals surface area contributed by atoms with E-state index in [0.717, 1.165) is 13.1 Å². The van der Waals surface area contributed by atoms with Crippen molar-refractivity contribution in [2.45, 2.75) is 44.7 Å². The van der Waals surface area contributed by atoms with Crippen molar-refractivity contribution in [1.29, 1.82) is 0 Å². The molecule has 1 saturated carbocycles. The number of aryl methyl sites for hydroxylation is 1. The van der Waals surface area contributed by atoms with Gasteiger partial charge in [-0.15, -0.1) is 0 Å². The molecule has 1 aliphatic carbocycles. The second-order valence-corrected chi connectivity index (χ2v) is 5.92. The fraction of sp³-hybridized carbons (Fsp3) is 0.625. The molecular formula is C16H26N2. The first-order valence-corrected chi connectivity index (χ1v) is 7.06. The average Bonchev–Trinajstić information content (AvgIpc) is 2.79. The Morgan fingerprint density at radius 1 is 1.22 bits per heavy atom. The molecule has 1 N–H and O–H groups in total. The maximum atomic E-state index is 3.65. The lowest BCUT2D eigenvalue weighted by Crippen LogP contribution is -2.49. The zero-order chi connectivity index (χ0) is 13.0. The van der Waals surface area contributed by atoms with Gasteiger partial charge in [-0.05, 0) is 39.4 Å². The zero-order valence-corrected chi connectivity index (χ0v) is 12.0. The van der Waals surface area contributed by atoms with Gasteiger partial charge in [0, 0.05) is 18.6 Å². The van der Waals surface area contributed by atoms with E-state index in [1.54, 1.807) is 0 Å². The predicted octanol–water partition coefficient (Wildman–Crippen LogP) is 2.96. The number of benzene rings is 1. The van der Waals surface area contributed by atoms with E-state index in [4.69, 9.17) is 0 Å². The van der Waals surface area contributed by atoms with Crippen LogP contribution in [0.3, 0.4) is 0 Å². The Labute approximate surface area is 111 Å². The van der Waals surface area contributed by atoms with Gasteiger partial charge in [-0.25, -0.2) is 0 Å². The molecule has 2 rings (SSSR count). The Kier molecular flexibility index (Phi) is 4.41. The smallest absolute Gasteiger partial charge is 0.0328 e. The van der Waals surface area contributed by atoms with Crippen molar-refractivity contribution in [2.24, 2.45) is 0 Å². The summed E-state index contributed by atoms with van der Waals surface area (Å²) in [6.07, 6.45) is 5.43. The van der Waals surface area contributed by atoms with E-state index < -0.39 is 0 Å². The fourth-order valence-electron chi connectivity index (χ4n) is 3.08. The molecule has 1 aromatic carbocycles. The summed E-state index contributed by atoms with van der Waals surface area (Å²) in [5.74, 6) is 0. The van der Waals surface area contributed by atoms with Gasteiger partial charge < -0.3 is 10.2 Å². The highest BCUT2D eigenvalue weighted by molar-refractivity contribution is 5.22. The largest absolute Gasteiger partial charge is 0.311 e. The summed E-state index contributed by atoms with van der Waals surface area (Å²) in [5, 5.41) is 3.65. The van der Waals surface area contributed by atoms with Gasteiger partial charge in [0.2, 0.25) is 0 Å². The van der Waals surface area contributed by atoms with Crippen molar-refractivity contribution < 1.29 is 0 Å². The van der Waals surface area contributed by atoms with Crippen LogP contribution < -0.4 is 5.32 Å². The van der Waals surface area contributed by atoms with Crippen LogP contribution in [0.15, 0.2) is 24.3 Å². The maximum absolute atomic E-state index is 3.65. The SMILES string of the molecule is Cc1cccc(CNCC2(N(C)C)CCCC2)c1. The highest BCUT2D eigenvalue weighted by atomic mass is 15.2. The molecule has 0 bridgehead atoms. The van der Waals surface area contributed by atoms with Crippen molar-refractivity contribution in [3.8, 4) is 0 Å². The van der Waals surface area contributed by atoms with Gasteiger partial charge in [-0.1, -0.05) is 42.7 Å². The Morgan fingerprint density at radius 3 is 2.56 bits per heavy atom. The molecule has 100 valence electrons. The molecule has 0 spiro atoms. The standard InChI is InChI=1S/C16H26N2/c1-14-7-6-8-15(11-14)12-17-13-16(18(2)3)9-4-5-10-16/h6-8,11,17H,4-5,9-10,12-13H2,1-3H3. The molecule has 1 fully saturated rings. The summed E-state index contributed by atoms with van der Waals surface area (Å²) in [4.78, 5) is 2.42. The number of nitrogens with zero attached hydrogens (tertiary/aromatic N) is 1. The molecule has 1 aromatic rings. The maximum Gasteiger partial charge on any atom is 0.0328 e. The monoisotopic (exact) mass is 246 g/mol. The minimum Gasteiger partial charge on any atom is -0.311 e. The van der Waals surface area contributed by atoms with Crippen LogP contribution in [0.4, 0.5) is 0 Å². The first-order valence-electron chi connectivity index (χ1n) is 7.06. The molecule has 1 aliphatic rings.